The van der Waals surface area contributed by atoms with Gasteiger partial charge in [-0.1, -0.05) is 13.8 Å². The fourth-order valence-electron chi connectivity index (χ4n) is 3.56. The molecule has 1 saturated heterocycles. The maximum absolute atomic E-state index is 12.9. The molecule has 5 nitrogen and oxygen atoms in total. The van der Waals surface area contributed by atoms with Gasteiger partial charge < -0.3 is 19.9 Å². The first-order valence-electron chi connectivity index (χ1n) is 10.0. The average Bonchev–Trinajstić information content (AvgIpc) is 2.63. The molecule has 152 valence electrons. The SMILES string of the molecule is CN=C(NCC1CCCN(CC(C)C)C1)N(C)CCOc1ccc(F)cc1. The predicted molar refractivity (Wildman–Crippen MR) is 110 cm³/mol. The lowest BCUT2D eigenvalue weighted by Gasteiger charge is -2.34. The molecule has 0 aliphatic carbocycles. The first-order valence-corrected chi connectivity index (χ1v) is 10.0. The number of piperidine rings is 1. The molecule has 1 aliphatic heterocycles. The molecule has 27 heavy (non-hydrogen) atoms. The number of ether oxygens (including phenoxy) is 1. The summed E-state index contributed by atoms with van der Waals surface area (Å²) < 4.78 is 18.6. The fourth-order valence-corrected chi connectivity index (χ4v) is 3.56. The van der Waals surface area contributed by atoms with Crippen molar-refractivity contribution in [1.29, 1.82) is 0 Å². The van der Waals surface area contributed by atoms with E-state index in [1.165, 1.54) is 44.6 Å². The van der Waals surface area contributed by atoms with Crippen molar-refractivity contribution in [3.63, 3.8) is 0 Å². The van der Waals surface area contributed by atoms with Gasteiger partial charge in [0, 0.05) is 33.7 Å². The van der Waals surface area contributed by atoms with E-state index in [0.717, 1.165) is 18.4 Å². The van der Waals surface area contributed by atoms with E-state index in [1.807, 2.05) is 14.1 Å². The normalized spacial score (nSPS) is 18.6. The van der Waals surface area contributed by atoms with E-state index in [0.29, 0.717) is 24.8 Å². The third-order valence-electron chi connectivity index (χ3n) is 4.86. The molecule has 1 aromatic rings. The number of rotatable bonds is 8. The zero-order valence-corrected chi connectivity index (χ0v) is 17.2. The Bertz CT molecular complexity index is 576. The van der Waals surface area contributed by atoms with Gasteiger partial charge in [0.1, 0.15) is 18.2 Å². The highest BCUT2D eigenvalue weighted by atomic mass is 19.1. The number of hydrogen-bond acceptors (Lipinski definition) is 3. The molecule has 1 aromatic carbocycles. The number of hydrogen-bond donors (Lipinski definition) is 1. The van der Waals surface area contributed by atoms with Crippen molar-refractivity contribution in [2.45, 2.75) is 26.7 Å². The van der Waals surface area contributed by atoms with Crippen molar-refractivity contribution >= 4 is 5.96 Å². The number of aliphatic imine (C=N–C) groups is 1. The molecule has 0 saturated carbocycles. The summed E-state index contributed by atoms with van der Waals surface area (Å²) in [6.45, 7) is 10.3. The Labute approximate surface area is 163 Å². The Morgan fingerprint density at radius 2 is 2.11 bits per heavy atom. The van der Waals surface area contributed by atoms with Gasteiger partial charge in [0.2, 0.25) is 0 Å². The summed E-state index contributed by atoms with van der Waals surface area (Å²) in [5.74, 6) is 2.70. The number of likely N-dealkylation sites (tertiary alicyclic amines) is 1. The quantitative estimate of drug-likeness (QED) is 0.557. The van der Waals surface area contributed by atoms with Crippen molar-refractivity contribution < 1.29 is 9.13 Å². The van der Waals surface area contributed by atoms with Crippen LogP contribution in [0.2, 0.25) is 0 Å². The first-order chi connectivity index (χ1) is 13.0. The van der Waals surface area contributed by atoms with Gasteiger partial charge in [0.05, 0.1) is 6.54 Å². The van der Waals surface area contributed by atoms with Crippen LogP contribution >= 0.6 is 0 Å². The number of halogens is 1. The minimum Gasteiger partial charge on any atom is -0.492 e. The molecule has 1 heterocycles. The van der Waals surface area contributed by atoms with Crippen LogP contribution in [0, 0.1) is 17.7 Å². The minimum absolute atomic E-state index is 0.251. The van der Waals surface area contributed by atoms with Gasteiger partial charge in [0.15, 0.2) is 5.96 Å². The molecule has 0 radical (unpaired) electrons. The van der Waals surface area contributed by atoms with Gasteiger partial charge >= 0.3 is 0 Å². The summed E-state index contributed by atoms with van der Waals surface area (Å²) in [6.07, 6.45) is 2.55. The topological polar surface area (TPSA) is 40.1 Å². The molecule has 1 N–H and O–H groups in total. The molecule has 6 heteroatoms. The first kappa shape index (κ1) is 21.5. The van der Waals surface area contributed by atoms with Crippen molar-refractivity contribution in [2.75, 3.05) is 53.4 Å². The smallest absolute Gasteiger partial charge is 0.193 e. The lowest BCUT2D eigenvalue weighted by Crippen LogP contribution is -2.46. The maximum Gasteiger partial charge on any atom is 0.193 e. The highest BCUT2D eigenvalue weighted by Gasteiger charge is 2.20. The number of benzene rings is 1. The lowest BCUT2D eigenvalue weighted by atomic mass is 9.97. The monoisotopic (exact) mass is 378 g/mol. The summed E-state index contributed by atoms with van der Waals surface area (Å²) in [6, 6.07) is 6.11. The molecule has 1 fully saturated rings. The molecular weight excluding hydrogens is 343 g/mol. The zero-order valence-electron chi connectivity index (χ0n) is 17.2. The van der Waals surface area contributed by atoms with Crippen LogP contribution in [-0.2, 0) is 0 Å². The standard InChI is InChI=1S/C21H35FN4O/c1-17(2)15-26-11-5-6-18(16-26)14-24-21(23-3)25(4)12-13-27-20-9-7-19(22)8-10-20/h7-10,17-18H,5-6,11-16H2,1-4H3,(H,23,24). The van der Waals surface area contributed by atoms with Crippen LogP contribution in [0.3, 0.4) is 0 Å². The van der Waals surface area contributed by atoms with Crippen molar-refractivity contribution in [1.82, 2.24) is 15.1 Å². The maximum atomic E-state index is 12.9. The van der Waals surface area contributed by atoms with Gasteiger partial charge in [-0.25, -0.2) is 4.39 Å². The van der Waals surface area contributed by atoms with Gasteiger partial charge in [0.25, 0.3) is 0 Å². The van der Waals surface area contributed by atoms with Crippen LogP contribution in [0.25, 0.3) is 0 Å². The molecular formula is C21H35FN4O. The Morgan fingerprint density at radius 1 is 1.37 bits per heavy atom. The van der Waals surface area contributed by atoms with Crippen LogP contribution in [0.4, 0.5) is 4.39 Å². The second kappa shape index (κ2) is 11.1. The highest BCUT2D eigenvalue weighted by Crippen LogP contribution is 2.17. The second-order valence-corrected chi connectivity index (χ2v) is 7.81. The van der Waals surface area contributed by atoms with Gasteiger partial charge in [-0.15, -0.1) is 0 Å². The van der Waals surface area contributed by atoms with Crippen molar-refractivity contribution in [3.8, 4) is 5.75 Å². The molecule has 0 aromatic heterocycles. The lowest BCUT2D eigenvalue weighted by molar-refractivity contribution is 0.159. The third-order valence-corrected chi connectivity index (χ3v) is 4.86. The summed E-state index contributed by atoms with van der Waals surface area (Å²) in [5.41, 5.74) is 0. The van der Waals surface area contributed by atoms with E-state index in [-0.39, 0.29) is 5.82 Å². The van der Waals surface area contributed by atoms with E-state index in [1.54, 1.807) is 12.1 Å². The van der Waals surface area contributed by atoms with Gasteiger partial charge in [-0.3, -0.25) is 4.99 Å². The molecule has 0 amide bonds. The van der Waals surface area contributed by atoms with Crippen LogP contribution < -0.4 is 10.1 Å². The molecule has 0 spiro atoms. The van der Waals surface area contributed by atoms with Gasteiger partial charge in [-0.05, 0) is 55.5 Å². The summed E-state index contributed by atoms with van der Waals surface area (Å²) >= 11 is 0. The van der Waals surface area contributed by atoms with E-state index in [2.05, 4.69) is 34.0 Å². The van der Waals surface area contributed by atoms with Gasteiger partial charge in [-0.2, -0.15) is 0 Å². The van der Waals surface area contributed by atoms with E-state index in [4.69, 9.17) is 4.74 Å². The average molecular weight is 379 g/mol. The van der Waals surface area contributed by atoms with Crippen LogP contribution in [0.1, 0.15) is 26.7 Å². The Hall–Kier alpha value is -1.82. The summed E-state index contributed by atoms with van der Waals surface area (Å²) in [7, 11) is 3.82. The summed E-state index contributed by atoms with van der Waals surface area (Å²) in [5, 5.41) is 3.51. The second-order valence-electron chi connectivity index (χ2n) is 7.81. The van der Waals surface area contributed by atoms with Crippen molar-refractivity contribution in [3.05, 3.63) is 30.1 Å². The van der Waals surface area contributed by atoms with Crippen molar-refractivity contribution in [2.24, 2.45) is 16.8 Å². The van der Waals surface area contributed by atoms with E-state index >= 15 is 0 Å². The Kier molecular flexibility index (Phi) is 8.85. The van der Waals surface area contributed by atoms with Crippen LogP contribution in [-0.4, -0.2) is 69.2 Å². The minimum atomic E-state index is -0.251. The largest absolute Gasteiger partial charge is 0.492 e. The molecule has 0 bridgehead atoms. The highest BCUT2D eigenvalue weighted by molar-refractivity contribution is 5.79. The molecule has 1 unspecified atom stereocenters. The number of nitrogens with zero attached hydrogens (tertiary/aromatic N) is 3. The number of nitrogens with one attached hydrogen (secondary N) is 1. The third kappa shape index (κ3) is 7.75. The Morgan fingerprint density at radius 3 is 2.78 bits per heavy atom. The van der Waals surface area contributed by atoms with Crippen LogP contribution in [0.15, 0.2) is 29.3 Å². The molecule has 1 atom stereocenters. The van der Waals surface area contributed by atoms with E-state index < -0.39 is 0 Å². The zero-order chi connectivity index (χ0) is 19.6. The predicted octanol–water partition coefficient (Wildman–Crippen LogP) is 3.08. The number of likely N-dealkylation sites (N-methyl/N-ethyl adjacent to an activating group) is 1. The van der Waals surface area contributed by atoms with Crippen LogP contribution in [0.5, 0.6) is 5.75 Å². The molecule has 2 rings (SSSR count). The summed E-state index contributed by atoms with van der Waals surface area (Å²) in [4.78, 5) is 9.04. The fraction of sp³-hybridized carbons (Fsp3) is 0.667. The molecule has 1 aliphatic rings. The Balaban J connectivity index is 1.71. The van der Waals surface area contributed by atoms with E-state index in [9.17, 15) is 4.39 Å². The number of guanidine groups is 1.